The van der Waals surface area contributed by atoms with E-state index in [2.05, 4.69) is 53.3 Å². The molecule has 1 heterocycles. The Hall–Kier alpha value is -2.37. The monoisotopic (exact) mass is 391 g/mol. The molecule has 3 aromatic rings. The molecule has 0 aliphatic carbocycles. The van der Waals surface area contributed by atoms with Crippen molar-refractivity contribution < 1.29 is 0 Å². The van der Waals surface area contributed by atoms with Crippen molar-refractivity contribution in [2.45, 2.75) is 18.5 Å². The molecular formula is C22H21N3S2. The van der Waals surface area contributed by atoms with Gasteiger partial charge in [-0.3, -0.25) is 0 Å². The normalized spacial score (nSPS) is 11.8. The lowest BCUT2D eigenvalue weighted by molar-refractivity contribution is 0.971. The Morgan fingerprint density at radius 1 is 0.963 bits per heavy atom. The van der Waals surface area contributed by atoms with Crippen molar-refractivity contribution in [3.63, 3.8) is 0 Å². The molecule has 5 heteroatoms. The van der Waals surface area contributed by atoms with Crippen LogP contribution in [-0.2, 0) is 6.42 Å². The molecule has 3 rings (SSSR count). The van der Waals surface area contributed by atoms with Crippen molar-refractivity contribution in [1.82, 2.24) is 9.97 Å². The molecule has 27 heavy (non-hydrogen) atoms. The molecule has 0 aliphatic rings. The Morgan fingerprint density at radius 3 is 2.44 bits per heavy atom. The van der Waals surface area contributed by atoms with Crippen LogP contribution < -0.4 is 0 Å². The summed E-state index contributed by atoms with van der Waals surface area (Å²) in [5.74, 6) is 0.978. The Labute approximate surface area is 169 Å². The fourth-order valence-electron chi connectivity index (χ4n) is 2.28. The maximum atomic E-state index is 4.80. The predicted octanol–water partition coefficient (Wildman–Crippen LogP) is 6.10. The lowest BCUT2D eigenvalue weighted by atomic mass is 10.2. The van der Waals surface area contributed by atoms with Gasteiger partial charge in [-0.2, -0.15) is 0 Å². The molecule has 0 spiro atoms. The number of aryl methyl sites for hydroxylation is 2. The van der Waals surface area contributed by atoms with Gasteiger partial charge >= 0.3 is 0 Å². The fourth-order valence-corrected chi connectivity index (χ4v) is 3.81. The first-order chi connectivity index (χ1) is 13.3. The summed E-state index contributed by atoms with van der Waals surface area (Å²) in [4.78, 5) is 13.3. The lowest BCUT2D eigenvalue weighted by Gasteiger charge is -2.04. The Kier molecular flexibility index (Phi) is 7.69. The fraction of sp³-hybridized carbons (Fsp3) is 0.136. The second-order valence-electron chi connectivity index (χ2n) is 5.82. The summed E-state index contributed by atoms with van der Waals surface area (Å²) in [7, 11) is 0. The van der Waals surface area contributed by atoms with Crippen LogP contribution in [0.5, 0.6) is 0 Å². The number of hydrogen-bond acceptors (Lipinski definition) is 5. The van der Waals surface area contributed by atoms with Crippen LogP contribution in [0.2, 0.25) is 0 Å². The van der Waals surface area contributed by atoms with E-state index >= 15 is 0 Å². The molecule has 0 aliphatic heterocycles. The number of thioether (sulfide) groups is 2. The zero-order valence-corrected chi connectivity index (χ0v) is 16.8. The van der Waals surface area contributed by atoms with Gasteiger partial charge in [-0.1, -0.05) is 59.8 Å². The SMILES string of the molecule is Cc1ccc(N=C(C=CSc2ncccn2)SCCc2ccccc2)cc1. The summed E-state index contributed by atoms with van der Waals surface area (Å²) in [6.07, 6.45) is 6.55. The zero-order chi connectivity index (χ0) is 18.7. The molecule has 0 saturated carbocycles. The van der Waals surface area contributed by atoms with Gasteiger partial charge in [0, 0.05) is 18.1 Å². The topological polar surface area (TPSA) is 38.1 Å². The van der Waals surface area contributed by atoms with E-state index in [4.69, 9.17) is 4.99 Å². The highest BCUT2D eigenvalue weighted by molar-refractivity contribution is 8.14. The number of rotatable bonds is 7. The van der Waals surface area contributed by atoms with Gasteiger partial charge in [-0.15, -0.1) is 11.8 Å². The van der Waals surface area contributed by atoms with Gasteiger partial charge < -0.3 is 0 Å². The van der Waals surface area contributed by atoms with E-state index < -0.39 is 0 Å². The van der Waals surface area contributed by atoms with E-state index in [9.17, 15) is 0 Å². The molecule has 0 radical (unpaired) electrons. The van der Waals surface area contributed by atoms with Crippen molar-refractivity contribution in [1.29, 1.82) is 0 Å². The standard InChI is InChI=1S/C22H21N3S2/c1-18-8-10-20(11-9-18)25-21(13-17-27-22-23-14-5-15-24-22)26-16-12-19-6-3-2-4-7-19/h2-11,13-15,17H,12,16H2,1H3. The Balaban J connectivity index is 1.66. The predicted molar refractivity (Wildman–Crippen MR) is 118 cm³/mol. The third-order valence-electron chi connectivity index (χ3n) is 3.68. The van der Waals surface area contributed by atoms with Crippen LogP contribution >= 0.6 is 23.5 Å². The van der Waals surface area contributed by atoms with Crippen LogP contribution in [-0.4, -0.2) is 20.8 Å². The molecule has 2 aromatic carbocycles. The molecule has 0 amide bonds. The highest BCUT2D eigenvalue weighted by Gasteiger charge is 2.00. The first kappa shape index (κ1) is 19.4. The summed E-state index contributed by atoms with van der Waals surface area (Å²) in [5, 5.41) is 3.72. The maximum Gasteiger partial charge on any atom is 0.191 e. The molecule has 0 N–H and O–H groups in total. The smallest absolute Gasteiger partial charge is 0.191 e. The maximum absolute atomic E-state index is 4.80. The second-order valence-corrected chi connectivity index (χ2v) is 7.81. The van der Waals surface area contributed by atoms with Gasteiger partial charge in [0.05, 0.1) is 10.7 Å². The average molecular weight is 392 g/mol. The highest BCUT2D eigenvalue weighted by Crippen LogP contribution is 2.20. The van der Waals surface area contributed by atoms with Gasteiger partial charge in [-0.25, -0.2) is 15.0 Å². The summed E-state index contributed by atoms with van der Waals surface area (Å²) in [5.41, 5.74) is 3.55. The number of aromatic nitrogens is 2. The minimum absolute atomic E-state index is 0.734. The third kappa shape index (κ3) is 7.04. The Morgan fingerprint density at radius 2 is 1.70 bits per heavy atom. The van der Waals surface area contributed by atoms with Gasteiger partial charge in [0.2, 0.25) is 0 Å². The number of aliphatic imine (C=N–C) groups is 1. The zero-order valence-electron chi connectivity index (χ0n) is 15.2. The highest BCUT2D eigenvalue weighted by atomic mass is 32.2. The van der Waals surface area contributed by atoms with E-state index in [0.717, 1.165) is 28.1 Å². The third-order valence-corrected chi connectivity index (χ3v) is 5.31. The molecule has 0 saturated heterocycles. The average Bonchev–Trinajstić information content (AvgIpc) is 2.71. The summed E-state index contributed by atoms with van der Waals surface area (Å²) < 4.78 is 0. The molecule has 0 fully saturated rings. The molecular weight excluding hydrogens is 370 g/mol. The van der Waals surface area contributed by atoms with Crippen molar-refractivity contribution in [3.05, 3.63) is 95.7 Å². The number of benzene rings is 2. The van der Waals surface area contributed by atoms with Gasteiger partial charge in [0.1, 0.15) is 0 Å². The summed E-state index contributed by atoms with van der Waals surface area (Å²) in [6, 6.07) is 20.6. The van der Waals surface area contributed by atoms with E-state index in [0.29, 0.717) is 0 Å². The van der Waals surface area contributed by atoms with Crippen molar-refractivity contribution in [3.8, 4) is 0 Å². The van der Waals surface area contributed by atoms with Crippen LogP contribution in [0.15, 0.2) is 94.7 Å². The van der Waals surface area contributed by atoms with Crippen molar-refractivity contribution >= 4 is 34.3 Å². The summed E-state index contributed by atoms with van der Waals surface area (Å²) in [6.45, 7) is 2.08. The number of nitrogens with zero attached hydrogens (tertiary/aromatic N) is 3. The second kappa shape index (κ2) is 10.7. The molecule has 0 atom stereocenters. The molecule has 136 valence electrons. The van der Waals surface area contributed by atoms with E-state index in [1.807, 2.05) is 35.7 Å². The van der Waals surface area contributed by atoms with Crippen molar-refractivity contribution in [2.24, 2.45) is 4.99 Å². The minimum Gasteiger partial charge on any atom is -0.242 e. The largest absolute Gasteiger partial charge is 0.242 e. The van der Waals surface area contributed by atoms with Gasteiger partial charge in [0.15, 0.2) is 5.16 Å². The Bertz CT molecular complexity index is 876. The first-order valence-corrected chi connectivity index (χ1v) is 10.6. The number of hydrogen-bond donors (Lipinski definition) is 0. The molecule has 3 nitrogen and oxygen atoms in total. The van der Waals surface area contributed by atoms with Crippen LogP contribution in [0.1, 0.15) is 11.1 Å². The van der Waals surface area contributed by atoms with Gasteiger partial charge in [-0.05, 0) is 48.6 Å². The first-order valence-electron chi connectivity index (χ1n) is 8.72. The van der Waals surface area contributed by atoms with Crippen molar-refractivity contribution in [2.75, 3.05) is 5.75 Å². The molecule has 0 bridgehead atoms. The van der Waals surface area contributed by atoms with E-state index in [1.165, 1.54) is 22.9 Å². The van der Waals surface area contributed by atoms with Crippen LogP contribution in [0.4, 0.5) is 5.69 Å². The van der Waals surface area contributed by atoms with Crippen LogP contribution in [0.25, 0.3) is 0 Å². The van der Waals surface area contributed by atoms with E-state index in [1.54, 1.807) is 24.2 Å². The van der Waals surface area contributed by atoms with Crippen LogP contribution in [0, 0.1) is 6.92 Å². The van der Waals surface area contributed by atoms with Gasteiger partial charge in [0.25, 0.3) is 0 Å². The summed E-state index contributed by atoms with van der Waals surface area (Å²) >= 11 is 3.25. The van der Waals surface area contributed by atoms with Crippen LogP contribution in [0.3, 0.4) is 0 Å². The quantitative estimate of drug-likeness (QED) is 0.211. The minimum atomic E-state index is 0.734. The lowest BCUT2D eigenvalue weighted by Crippen LogP contribution is -1.93. The molecule has 0 unspecified atom stereocenters. The van der Waals surface area contributed by atoms with E-state index in [-0.39, 0.29) is 0 Å². The molecule has 1 aromatic heterocycles.